The lowest BCUT2D eigenvalue weighted by Gasteiger charge is -2.20. The van der Waals surface area contributed by atoms with Crippen LogP contribution in [0.4, 0.5) is 0 Å². The van der Waals surface area contributed by atoms with Crippen LogP contribution < -0.4 is 0 Å². The Kier molecular flexibility index (Phi) is 4.70. The Balaban J connectivity index is 2.02. The summed E-state index contributed by atoms with van der Waals surface area (Å²) in [6.07, 6.45) is 4.96. The summed E-state index contributed by atoms with van der Waals surface area (Å²) >= 11 is 0. The minimum atomic E-state index is -1.01. The van der Waals surface area contributed by atoms with E-state index in [2.05, 4.69) is 9.88 Å². The molecule has 1 amide bonds. The van der Waals surface area contributed by atoms with E-state index in [4.69, 9.17) is 5.11 Å². The lowest BCUT2D eigenvalue weighted by Crippen LogP contribution is -2.34. The molecule has 1 atom stereocenters. The molecular weight excluding hydrogens is 270 g/mol. The standard InChI is InChI=1S/C15H19N3O3/c1-17(2)12-7-8-18(10-12)15(21)13-5-3-11(9-16-13)4-6-14(19)20/h3-6,9,12H,7-8,10H2,1-2H3,(H,19,20). The number of likely N-dealkylation sites (tertiary alicyclic amines) is 1. The highest BCUT2D eigenvalue weighted by molar-refractivity contribution is 5.92. The van der Waals surface area contributed by atoms with Crippen molar-refractivity contribution in [3.8, 4) is 0 Å². The zero-order valence-corrected chi connectivity index (χ0v) is 12.2. The largest absolute Gasteiger partial charge is 0.478 e. The van der Waals surface area contributed by atoms with E-state index in [0.717, 1.165) is 19.0 Å². The third kappa shape index (κ3) is 3.88. The van der Waals surface area contributed by atoms with Crippen LogP contribution in [-0.2, 0) is 4.79 Å². The third-order valence-electron chi connectivity index (χ3n) is 3.60. The van der Waals surface area contributed by atoms with Crippen LogP contribution in [0.2, 0.25) is 0 Å². The first-order chi connectivity index (χ1) is 9.97. The topological polar surface area (TPSA) is 73.7 Å². The average molecular weight is 289 g/mol. The Morgan fingerprint density at radius 1 is 1.43 bits per heavy atom. The van der Waals surface area contributed by atoms with Gasteiger partial charge in [-0.2, -0.15) is 0 Å². The molecule has 112 valence electrons. The highest BCUT2D eigenvalue weighted by Gasteiger charge is 2.28. The molecule has 1 aromatic heterocycles. The Morgan fingerprint density at radius 2 is 2.19 bits per heavy atom. The van der Waals surface area contributed by atoms with E-state index in [9.17, 15) is 9.59 Å². The van der Waals surface area contributed by atoms with Crippen LogP contribution in [0.25, 0.3) is 6.08 Å². The number of pyridine rings is 1. The summed E-state index contributed by atoms with van der Waals surface area (Å²) in [5.41, 5.74) is 1.04. The van der Waals surface area contributed by atoms with E-state index in [0.29, 0.717) is 23.8 Å². The summed E-state index contributed by atoms with van der Waals surface area (Å²) in [5.74, 6) is -1.09. The van der Waals surface area contributed by atoms with Gasteiger partial charge in [-0.05, 0) is 38.2 Å². The fraction of sp³-hybridized carbons (Fsp3) is 0.400. The van der Waals surface area contributed by atoms with Crippen molar-refractivity contribution in [1.29, 1.82) is 0 Å². The van der Waals surface area contributed by atoms with E-state index in [1.165, 1.54) is 12.3 Å². The van der Waals surface area contributed by atoms with Gasteiger partial charge < -0.3 is 14.9 Å². The maximum Gasteiger partial charge on any atom is 0.328 e. The molecule has 0 radical (unpaired) electrons. The average Bonchev–Trinajstić information content (AvgIpc) is 2.95. The number of hydrogen-bond donors (Lipinski definition) is 1. The number of aliphatic carboxylic acids is 1. The molecule has 2 heterocycles. The lowest BCUT2D eigenvalue weighted by molar-refractivity contribution is -0.131. The van der Waals surface area contributed by atoms with E-state index in [1.807, 2.05) is 14.1 Å². The summed E-state index contributed by atoms with van der Waals surface area (Å²) in [6, 6.07) is 3.72. The first-order valence-electron chi connectivity index (χ1n) is 6.80. The van der Waals surface area contributed by atoms with E-state index in [-0.39, 0.29) is 5.91 Å². The smallest absolute Gasteiger partial charge is 0.328 e. The van der Waals surface area contributed by atoms with Gasteiger partial charge in [-0.25, -0.2) is 4.79 Å². The summed E-state index contributed by atoms with van der Waals surface area (Å²) in [7, 11) is 4.03. The fourth-order valence-corrected chi connectivity index (χ4v) is 2.31. The molecule has 1 fully saturated rings. The highest BCUT2D eigenvalue weighted by atomic mass is 16.4. The predicted octanol–water partition coefficient (Wildman–Crippen LogP) is 0.956. The minimum Gasteiger partial charge on any atom is -0.478 e. The summed E-state index contributed by atoms with van der Waals surface area (Å²) < 4.78 is 0. The number of aromatic nitrogens is 1. The molecule has 0 aromatic carbocycles. The molecule has 0 saturated carbocycles. The van der Waals surface area contributed by atoms with Crippen molar-refractivity contribution in [2.45, 2.75) is 12.5 Å². The van der Waals surface area contributed by atoms with Crippen molar-refractivity contribution >= 4 is 18.0 Å². The van der Waals surface area contributed by atoms with Crippen molar-refractivity contribution in [3.05, 3.63) is 35.7 Å². The van der Waals surface area contributed by atoms with Gasteiger partial charge in [0, 0.05) is 31.4 Å². The van der Waals surface area contributed by atoms with Crippen LogP contribution in [0.15, 0.2) is 24.4 Å². The van der Waals surface area contributed by atoms with Gasteiger partial charge in [-0.3, -0.25) is 9.78 Å². The van der Waals surface area contributed by atoms with Crippen molar-refractivity contribution in [2.75, 3.05) is 27.2 Å². The number of carbonyl (C=O) groups is 2. The Labute approximate surface area is 123 Å². The van der Waals surface area contributed by atoms with Gasteiger partial charge in [0.2, 0.25) is 0 Å². The van der Waals surface area contributed by atoms with Crippen LogP contribution in [0.1, 0.15) is 22.5 Å². The zero-order valence-electron chi connectivity index (χ0n) is 12.2. The molecule has 1 aromatic rings. The van der Waals surface area contributed by atoms with Crippen LogP contribution in [0.5, 0.6) is 0 Å². The van der Waals surface area contributed by atoms with Crippen LogP contribution >= 0.6 is 0 Å². The van der Waals surface area contributed by atoms with Gasteiger partial charge in [-0.15, -0.1) is 0 Å². The number of carbonyl (C=O) groups excluding carboxylic acids is 1. The first-order valence-corrected chi connectivity index (χ1v) is 6.80. The van der Waals surface area contributed by atoms with E-state index in [1.54, 1.807) is 17.0 Å². The van der Waals surface area contributed by atoms with Gasteiger partial charge in [0.1, 0.15) is 5.69 Å². The highest BCUT2D eigenvalue weighted by Crippen LogP contribution is 2.16. The van der Waals surface area contributed by atoms with Crippen LogP contribution in [0.3, 0.4) is 0 Å². The molecule has 1 aliphatic rings. The number of hydrogen-bond acceptors (Lipinski definition) is 4. The maximum absolute atomic E-state index is 12.3. The van der Waals surface area contributed by atoms with Crippen molar-refractivity contribution in [2.24, 2.45) is 0 Å². The monoisotopic (exact) mass is 289 g/mol. The summed E-state index contributed by atoms with van der Waals surface area (Å²) in [4.78, 5) is 30.8. The van der Waals surface area contributed by atoms with E-state index >= 15 is 0 Å². The summed E-state index contributed by atoms with van der Waals surface area (Å²) in [5, 5.41) is 8.56. The number of carboxylic acid groups (broad SMARTS) is 1. The molecule has 21 heavy (non-hydrogen) atoms. The number of amides is 1. The minimum absolute atomic E-state index is 0.0758. The predicted molar refractivity (Wildman–Crippen MR) is 78.9 cm³/mol. The van der Waals surface area contributed by atoms with Crippen molar-refractivity contribution in [3.63, 3.8) is 0 Å². The Bertz CT molecular complexity index is 552. The molecule has 0 aliphatic carbocycles. The van der Waals surface area contributed by atoms with Crippen LogP contribution in [-0.4, -0.2) is 65.0 Å². The molecule has 6 heteroatoms. The Hall–Kier alpha value is -2.21. The van der Waals surface area contributed by atoms with Crippen molar-refractivity contribution in [1.82, 2.24) is 14.8 Å². The second-order valence-corrected chi connectivity index (χ2v) is 5.31. The third-order valence-corrected chi connectivity index (χ3v) is 3.60. The molecular formula is C15H19N3O3. The molecule has 0 spiro atoms. The number of nitrogens with zero attached hydrogens (tertiary/aromatic N) is 3. The van der Waals surface area contributed by atoms with Gasteiger partial charge in [0.05, 0.1) is 0 Å². The van der Waals surface area contributed by atoms with Gasteiger partial charge in [-0.1, -0.05) is 6.07 Å². The molecule has 2 rings (SSSR count). The maximum atomic E-state index is 12.3. The molecule has 1 unspecified atom stereocenters. The zero-order chi connectivity index (χ0) is 15.4. The molecule has 1 saturated heterocycles. The molecule has 1 aliphatic heterocycles. The van der Waals surface area contributed by atoms with Gasteiger partial charge in [0.25, 0.3) is 5.91 Å². The van der Waals surface area contributed by atoms with Gasteiger partial charge >= 0.3 is 5.97 Å². The first kappa shape index (κ1) is 15.2. The second kappa shape index (κ2) is 6.49. The molecule has 6 nitrogen and oxygen atoms in total. The number of likely N-dealkylation sites (N-methyl/N-ethyl adjacent to an activating group) is 1. The molecule has 1 N–H and O–H groups in total. The van der Waals surface area contributed by atoms with E-state index < -0.39 is 5.97 Å². The Morgan fingerprint density at radius 3 is 2.71 bits per heavy atom. The fourth-order valence-electron chi connectivity index (χ4n) is 2.31. The van der Waals surface area contributed by atoms with Crippen LogP contribution in [0, 0.1) is 0 Å². The molecule has 0 bridgehead atoms. The SMILES string of the molecule is CN(C)C1CCN(C(=O)c2ccc(C=CC(=O)O)cn2)C1. The number of carboxylic acids is 1. The normalized spacial score (nSPS) is 18.6. The van der Waals surface area contributed by atoms with Gasteiger partial charge in [0.15, 0.2) is 0 Å². The van der Waals surface area contributed by atoms with Crippen molar-refractivity contribution < 1.29 is 14.7 Å². The summed E-state index contributed by atoms with van der Waals surface area (Å²) in [6.45, 7) is 1.46. The second-order valence-electron chi connectivity index (χ2n) is 5.31. The number of rotatable bonds is 4. The quantitative estimate of drug-likeness (QED) is 0.836. The lowest BCUT2D eigenvalue weighted by atomic mass is 10.2.